The maximum Gasteiger partial charge on any atom is 0.293 e. The molecule has 2 saturated heterocycles. The zero-order chi connectivity index (χ0) is 21.3. The van der Waals surface area contributed by atoms with Crippen LogP contribution >= 0.6 is 0 Å². The lowest BCUT2D eigenvalue weighted by molar-refractivity contribution is -0.384. The van der Waals surface area contributed by atoms with Gasteiger partial charge in [0, 0.05) is 49.4 Å². The van der Waals surface area contributed by atoms with E-state index < -0.39 is 14.8 Å². The van der Waals surface area contributed by atoms with Crippen molar-refractivity contribution in [3.05, 3.63) is 69.8 Å². The van der Waals surface area contributed by atoms with Gasteiger partial charge in [-0.15, -0.1) is 0 Å². The molecule has 30 heavy (non-hydrogen) atoms. The fourth-order valence-electron chi connectivity index (χ4n) is 4.23. The number of carbonyl (C=O) groups is 1. The summed E-state index contributed by atoms with van der Waals surface area (Å²) in [5.41, 5.74) is 1.17. The lowest BCUT2D eigenvalue weighted by Crippen LogP contribution is -2.50. The summed E-state index contributed by atoms with van der Waals surface area (Å²) in [6.45, 7) is 2.46. The number of piperazine rings is 1. The van der Waals surface area contributed by atoms with Gasteiger partial charge in [-0.1, -0.05) is 30.3 Å². The highest BCUT2D eigenvalue weighted by Crippen LogP contribution is 2.31. The normalized spacial score (nSPS) is 21.5. The van der Waals surface area contributed by atoms with Crippen LogP contribution in [0.3, 0.4) is 0 Å². The van der Waals surface area contributed by atoms with E-state index in [0.717, 1.165) is 0 Å². The van der Waals surface area contributed by atoms with Crippen LogP contribution in [0.1, 0.15) is 22.3 Å². The molecular formula is C21H23N3O5S. The summed E-state index contributed by atoms with van der Waals surface area (Å²) in [5, 5.41) is 11.7. The quantitative estimate of drug-likeness (QED) is 0.408. The van der Waals surface area contributed by atoms with Crippen LogP contribution < -0.4 is 4.90 Å². The van der Waals surface area contributed by atoms with Crippen molar-refractivity contribution in [3.8, 4) is 0 Å². The molecule has 2 aliphatic heterocycles. The molecule has 0 aliphatic carbocycles. The second-order valence-electron chi connectivity index (χ2n) is 7.74. The number of ketones is 1. The molecule has 0 radical (unpaired) electrons. The topological polar surface area (TPSA) is 101 Å². The Morgan fingerprint density at radius 3 is 2.30 bits per heavy atom. The molecule has 2 aliphatic rings. The van der Waals surface area contributed by atoms with Crippen molar-refractivity contribution in [2.75, 3.05) is 42.6 Å². The fraction of sp³-hybridized carbons (Fsp3) is 0.381. The number of hydrogen-bond donors (Lipinski definition) is 0. The second-order valence-corrected chi connectivity index (χ2v) is 9.96. The number of anilines is 1. The van der Waals surface area contributed by atoms with Crippen LogP contribution in [0, 0.1) is 10.1 Å². The molecule has 2 heterocycles. The number of nitro benzene ring substituents is 1. The van der Waals surface area contributed by atoms with Gasteiger partial charge in [0.25, 0.3) is 5.69 Å². The Kier molecular flexibility index (Phi) is 5.57. The maximum atomic E-state index is 12.7. The Balaban J connectivity index is 1.51. The second kappa shape index (κ2) is 8.16. The molecule has 8 nitrogen and oxygen atoms in total. The fourth-order valence-corrected chi connectivity index (χ4v) is 5.99. The average molecular weight is 429 g/mol. The Morgan fingerprint density at radius 2 is 1.70 bits per heavy atom. The van der Waals surface area contributed by atoms with E-state index in [1.165, 1.54) is 6.07 Å². The molecule has 2 fully saturated rings. The predicted molar refractivity (Wildman–Crippen MR) is 114 cm³/mol. The van der Waals surface area contributed by atoms with E-state index in [1.54, 1.807) is 36.4 Å². The van der Waals surface area contributed by atoms with Gasteiger partial charge < -0.3 is 4.90 Å². The van der Waals surface area contributed by atoms with Crippen molar-refractivity contribution < 1.29 is 18.1 Å². The summed E-state index contributed by atoms with van der Waals surface area (Å²) in [7, 11) is -2.94. The maximum absolute atomic E-state index is 12.7. The Hall–Kier alpha value is -2.78. The molecule has 1 atom stereocenters. The van der Waals surface area contributed by atoms with E-state index in [0.29, 0.717) is 43.9 Å². The Morgan fingerprint density at radius 1 is 1.00 bits per heavy atom. The van der Waals surface area contributed by atoms with E-state index in [9.17, 15) is 23.3 Å². The van der Waals surface area contributed by atoms with Crippen LogP contribution in [-0.2, 0) is 9.84 Å². The number of nitro groups is 1. The molecule has 1 unspecified atom stereocenters. The Labute approximate surface area is 175 Å². The van der Waals surface area contributed by atoms with Gasteiger partial charge in [-0.05, 0) is 18.6 Å². The number of benzene rings is 2. The van der Waals surface area contributed by atoms with Crippen LogP contribution in [0.5, 0.6) is 0 Å². The average Bonchev–Trinajstić information content (AvgIpc) is 3.13. The van der Waals surface area contributed by atoms with Crippen molar-refractivity contribution in [1.82, 2.24) is 4.90 Å². The standard InChI is InChI=1S/C21H23N3O5S/c25-21(16-4-2-1-3-5-16)17-6-7-19(20(14-17)24(26)27)23-11-9-22(10-12-23)18-8-13-30(28,29)15-18/h1-7,14,18H,8-13,15H2. The molecule has 4 rings (SSSR count). The number of sulfone groups is 1. The van der Waals surface area contributed by atoms with Gasteiger partial charge in [-0.2, -0.15) is 0 Å². The van der Waals surface area contributed by atoms with Gasteiger partial charge in [0.05, 0.1) is 16.4 Å². The van der Waals surface area contributed by atoms with Crippen molar-refractivity contribution in [2.24, 2.45) is 0 Å². The minimum atomic E-state index is -2.94. The van der Waals surface area contributed by atoms with Gasteiger partial charge in [0.1, 0.15) is 5.69 Å². The highest BCUT2D eigenvalue weighted by molar-refractivity contribution is 7.91. The van der Waals surface area contributed by atoms with Gasteiger partial charge in [0.2, 0.25) is 0 Å². The van der Waals surface area contributed by atoms with Crippen molar-refractivity contribution in [1.29, 1.82) is 0 Å². The summed E-state index contributed by atoms with van der Waals surface area (Å²) >= 11 is 0. The molecule has 9 heteroatoms. The molecule has 2 aromatic carbocycles. The molecule has 2 aromatic rings. The van der Waals surface area contributed by atoms with Crippen molar-refractivity contribution in [2.45, 2.75) is 12.5 Å². The summed E-state index contributed by atoms with van der Waals surface area (Å²) in [4.78, 5) is 28.0. The molecule has 0 saturated carbocycles. The van der Waals surface area contributed by atoms with E-state index in [-0.39, 0.29) is 34.6 Å². The molecule has 0 spiro atoms. The highest BCUT2D eigenvalue weighted by atomic mass is 32.2. The molecular weight excluding hydrogens is 406 g/mol. The van der Waals surface area contributed by atoms with Crippen LogP contribution in [0.2, 0.25) is 0 Å². The summed E-state index contributed by atoms with van der Waals surface area (Å²) in [6, 6.07) is 13.4. The van der Waals surface area contributed by atoms with Gasteiger partial charge >= 0.3 is 0 Å². The van der Waals surface area contributed by atoms with E-state index >= 15 is 0 Å². The predicted octanol–water partition coefficient (Wildman–Crippen LogP) is 2.13. The van der Waals surface area contributed by atoms with Gasteiger partial charge in [0.15, 0.2) is 15.6 Å². The lowest BCUT2D eigenvalue weighted by Gasteiger charge is -2.38. The van der Waals surface area contributed by atoms with E-state index in [2.05, 4.69) is 4.90 Å². The molecule has 0 amide bonds. The highest BCUT2D eigenvalue weighted by Gasteiger charge is 2.34. The first-order valence-corrected chi connectivity index (χ1v) is 11.7. The van der Waals surface area contributed by atoms with Gasteiger partial charge in [-0.25, -0.2) is 8.42 Å². The Bertz CT molecular complexity index is 1060. The zero-order valence-corrected chi connectivity index (χ0v) is 17.3. The first-order chi connectivity index (χ1) is 14.3. The lowest BCUT2D eigenvalue weighted by atomic mass is 10.0. The van der Waals surface area contributed by atoms with Gasteiger partial charge in [-0.3, -0.25) is 19.8 Å². The minimum Gasteiger partial charge on any atom is -0.363 e. The van der Waals surface area contributed by atoms with E-state index in [4.69, 9.17) is 0 Å². The molecule has 158 valence electrons. The largest absolute Gasteiger partial charge is 0.363 e. The molecule has 0 N–H and O–H groups in total. The third kappa shape index (κ3) is 4.22. The zero-order valence-electron chi connectivity index (χ0n) is 16.4. The van der Waals surface area contributed by atoms with Crippen LogP contribution in [0.4, 0.5) is 11.4 Å². The number of nitrogens with zero attached hydrogens (tertiary/aromatic N) is 3. The van der Waals surface area contributed by atoms with Crippen molar-refractivity contribution in [3.63, 3.8) is 0 Å². The smallest absolute Gasteiger partial charge is 0.293 e. The van der Waals surface area contributed by atoms with Crippen LogP contribution in [0.25, 0.3) is 0 Å². The summed E-state index contributed by atoms with van der Waals surface area (Å²) in [5.74, 6) is 0.182. The first kappa shape index (κ1) is 20.5. The SMILES string of the molecule is O=C(c1ccccc1)c1ccc(N2CCN(C3CCS(=O)(=O)C3)CC2)c([N+](=O)[O-])c1. The summed E-state index contributed by atoms with van der Waals surface area (Å²) in [6.07, 6.45) is 0.652. The van der Waals surface area contributed by atoms with Crippen LogP contribution in [0.15, 0.2) is 48.5 Å². The molecule has 0 aromatic heterocycles. The minimum absolute atomic E-state index is 0.0398. The number of carbonyl (C=O) groups excluding carboxylic acids is 1. The third-order valence-corrected chi connectivity index (χ3v) is 7.60. The number of rotatable bonds is 5. The number of hydrogen-bond acceptors (Lipinski definition) is 7. The molecule has 0 bridgehead atoms. The van der Waals surface area contributed by atoms with Crippen molar-refractivity contribution >= 4 is 27.0 Å². The first-order valence-electron chi connectivity index (χ1n) is 9.92. The van der Waals surface area contributed by atoms with Crippen LogP contribution in [-0.4, -0.2) is 67.8 Å². The third-order valence-electron chi connectivity index (χ3n) is 5.85. The summed E-state index contributed by atoms with van der Waals surface area (Å²) < 4.78 is 23.5. The monoisotopic (exact) mass is 429 g/mol. The van der Waals surface area contributed by atoms with E-state index in [1.807, 2.05) is 11.0 Å².